The standard InChI is InChI=1S/C18H14ClNO4/c1-22-15-7-10(8-16-17(15)24-5-4-23-16)6-13-12-3-2-11(19)9-14(12)20-18(13)21/h2-3,6-9H,4-5H2,1H3,(H,20,21). The number of carbonyl (C=O) groups is 1. The minimum atomic E-state index is -0.166. The number of fused-ring (bicyclic) bond motifs is 2. The molecule has 2 aromatic rings. The highest BCUT2D eigenvalue weighted by Crippen LogP contribution is 2.42. The molecule has 122 valence electrons. The summed E-state index contributed by atoms with van der Waals surface area (Å²) in [5.41, 5.74) is 2.89. The molecule has 5 nitrogen and oxygen atoms in total. The molecule has 0 saturated heterocycles. The lowest BCUT2D eigenvalue weighted by atomic mass is 10.0. The number of hydrogen-bond donors (Lipinski definition) is 1. The van der Waals surface area contributed by atoms with Crippen LogP contribution in [-0.4, -0.2) is 26.2 Å². The Labute approximate surface area is 143 Å². The normalized spacial score (nSPS) is 16.8. The van der Waals surface area contributed by atoms with Gasteiger partial charge in [-0.15, -0.1) is 0 Å². The van der Waals surface area contributed by atoms with Crippen LogP contribution in [0.25, 0.3) is 11.6 Å². The first kappa shape index (κ1) is 14.9. The van der Waals surface area contributed by atoms with Crippen LogP contribution in [0.3, 0.4) is 0 Å². The summed E-state index contributed by atoms with van der Waals surface area (Å²) < 4.78 is 16.6. The summed E-state index contributed by atoms with van der Waals surface area (Å²) in [6, 6.07) is 8.99. The van der Waals surface area contributed by atoms with E-state index in [1.807, 2.05) is 18.2 Å². The second-order valence-corrected chi connectivity index (χ2v) is 5.89. The first-order chi connectivity index (χ1) is 11.7. The highest BCUT2D eigenvalue weighted by Gasteiger charge is 2.25. The van der Waals surface area contributed by atoms with Gasteiger partial charge in [0.1, 0.15) is 13.2 Å². The van der Waals surface area contributed by atoms with Crippen LogP contribution < -0.4 is 19.5 Å². The minimum Gasteiger partial charge on any atom is -0.493 e. The molecule has 1 amide bonds. The summed E-state index contributed by atoms with van der Waals surface area (Å²) in [6.45, 7) is 0.971. The van der Waals surface area contributed by atoms with Crippen LogP contribution in [0.15, 0.2) is 30.3 Å². The molecule has 4 rings (SSSR count). The van der Waals surface area contributed by atoms with Crippen molar-refractivity contribution >= 4 is 34.8 Å². The number of ether oxygens (including phenoxy) is 3. The van der Waals surface area contributed by atoms with Crippen LogP contribution in [-0.2, 0) is 4.79 Å². The molecule has 2 aliphatic heterocycles. The van der Waals surface area contributed by atoms with E-state index >= 15 is 0 Å². The first-order valence-electron chi connectivity index (χ1n) is 7.46. The topological polar surface area (TPSA) is 56.8 Å². The van der Waals surface area contributed by atoms with E-state index in [9.17, 15) is 4.79 Å². The molecule has 0 saturated carbocycles. The van der Waals surface area contributed by atoms with E-state index in [0.29, 0.717) is 46.7 Å². The monoisotopic (exact) mass is 343 g/mol. The summed E-state index contributed by atoms with van der Waals surface area (Å²) in [5, 5.41) is 3.40. The van der Waals surface area contributed by atoms with Crippen molar-refractivity contribution < 1.29 is 19.0 Å². The van der Waals surface area contributed by atoms with Gasteiger partial charge in [-0.3, -0.25) is 4.79 Å². The third kappa shape index (κ3) is 2.47. The van der Waals surface area contributed by atoms with Gasteiger partial charge in [0.25, 0.3) is 5.91 Å². The van der Waals surface area contributed by atoms with E-state index < -0.39 is 0 Å². The maximum absolute atomic E-state index is 12.3. The fourth-order valence-corrected chi connectivity index (χ4v) is 3.03. The highest BCUT2D eigenvalue weighted by molar-refractivity contribution is 6.36. The molecule has 0 aromatic heterocycles. The maximum Gasteiger partial charge on any atom is 0.256 e. The third-order valence-electron chi connectivity index (χ3n) is 3.93. The van der Waals surface area contributed by atoms with Gasteiger partial charge in [-0.1, -0.05) is 17.7 Å². The van der Waals surface area contributed by atoms with Crippen LogP contribution in [0, 0.1) is 0 Å². The van der Waals surface area contributed by atoms with Gasteiger partial charge in [0, 0.05) is 16.2 Å². The van der Waals surface area contributed by atoms with Crippen LogP contribution in [0.5, 0.6) is 17.2 Å². The smallest absolute Gasteiger partial charge is 0.256 e. The number of amides is 1. The first-order valence-corrected chi connectivity index (χ1v) is 7.84. The maximum atomic E-state index is 12.3. The Morgan fingerprint density at radius 2 is 2.04 bits per heavy atom. The largest absolute Gasteiger partial charge is 0.493 e. The SMILES string of the molecule is COc1cc(C=C2C(=O)Nc3cc(Cl)ccc32)cc2c1OCCO2. The lowest BCUT2D eigenvalue weighted by Crippen LogP contribution is -2.16. The number of benzene rings is 2. The van der Waals surface area contributed by atoms with Crippen molar-refractivity contribution in [2.24, 2.45) is 0 Å². The second-order valence-electron chi connectivity index (χ2n) is 5.45. The summed E-state index contributed by atoms with van der Waals surface area (Å²) >= 11 is 5.98. The molecule has 0 unspecified atom stereocenters. The average Bonchev–Trinajstić information content (AvgIpc) is 2.88. The van der Waals surface area contributed by atoms with Gasteiger partial charge < -0.3 is 19.5 Å². The Bertz CT molecular complexity index is 858. The summed E-state index contributed by atoms with van der Waals surface area (Å²) in [4.78, 5) is 12.3. The average molecular weight is 344 g/mol. The summed E-state index contributed by atoms with van der Waals surface area (Å²) in [7, 11) is 1.57. The highest BCUT2D eigenvalue weighted by atomic mass is 35.5. The molecule has 2 aromatic carbocycles. The second kappa shape index (κ2) is 5.76. The molecule has 2 heterocycles. The minimum absolute atomic E-state index is 0.166. The Hall–Kier alpha value is -2.66. The predicted octanol–water partition coefficient (Wildman–Crippen LogP) is 3.61. The number of methoxy groups -OCH3 is 1. The van der Waals surface area contributed by atoms with E-state index in [2.05, 4.69) is 5.32 Å². The molecule has 24 heavy (non-hydrogen) atoms. The lowest BCUT2D eigenvalue weighted by molar-refractivity contribution is -0.110. The van der Waals surface area contributed by atoms with Crippen LogP contribution in [0.2, 0.25) is 5.02 Å². The molecule has 0 spiro atoms. The number of hydrogen-bond acceptors (Lipinski definition) is 4. The lowest BCUT2D eigenvalue weighted by Gasteiger charge is -2.21. The van der Waals surface area contributed by atoms with Gasteiger partial charge in [-0.25, -0.2) is 0 Å². The Morgan fingerprint density at radius 1 is 1.21 bits per heavy atom. The molecule has 0 atom stereocenters. The van der Waals surface area contributed by atoms with Crippen molar-refractivity contribution in [1.29, 1.82) is 0 Å². The third-order valence-corrected chi connectivity index (χ3v) is 4.16. The summed E-state index contributed by atoms with van der Waals surface area (Å²) in [5.74, 6) is 1.62. The van der Waals surface area contributed by atoms with Gasteiger partial charge >= 0.3 is 0 Å². The molecule has 0 radical (unpaired) electrons. The van der Waals surface area contributed by atoms with Gasteiger partial charge in [-0.2, -0.15) is 0 Å². The van der Waals surface area contributed by atoms with E-state index in [4.69, 9.17) is 25.8 Å². The van der Waals surface area contributed by atoms with Crippen molar-refractivity contribution in [1.82, 2.24) is 0 Å². The van der Waals surface area contributed by atoms with E-state index in [-0.39, 0.29) is 5.91 Å². The molecular formula is C18H14ClNO4. The molecule has 0 bridgehead atoms. The van der Waals surface area contributed by atoms with Crippen molar-refractivity contribution in [2.45, 2.75) is 0 Å². The zero-order chi connectivity index (χ0) is 16.7. The molecule has 1 N–H and O–H groups in total. The van der Waals surface area contributed by atoms with Gasteiger partial charge in [0.2, 0.25) is 5.75 Å². The summed E-state index contributed by atoms with van der Waals surface area (Å²) in [6.07, 6.45) is 1.80. The number of nitrogens with one attached hydrogen (secondary N) is 1. The molecule has 2 aliphatic rings. The Balaban J connectivity index is 1.80. The number of rotatable bonds is 2. The fraction of sp³-hybridized carbons (Fsp3) is 0.167. The number of anilines is 1. The molecular weight excluding hydrogens is 330 g/mol. The van der Waals surface area contributed by atoms with Gasteiger partial charge in [0.05, 0.1) is 12.8 Å². The Kier molecular flexibility index (Phi) is 3.58. The van der Waals surface area contributed by atoms with E-state index in [0.717, 1.165) is 11.1 Å². The molecule has 6 heteroatoms. The van der Waals surface area contributed by atoms with Crippen LogP contribution in [0.1, 0.15) is 11.1 Å². The van der Waals surface area contributed by atoms with Crippen molar-refractivity contribution in [3.63, 3.8) is 0 Å². The molecule has 0 fully saturated rings. The van der Waals surface area contributed by atoms with Crippen molar-refractivity contribution in [3.05, 3.63) is 46.5 Å². The van der Waals surface area contributed by atoms with Crippen molar-refractivity contribution in [2.75, 3.05) is 25.6 Å². The van der Waals surface area contributed by atoms with Crippen LogP contribution >= 0.6 is 11.6 Å². The number of carbonyl (C=O) groups excluding carboxylic acids is 1. The zero-order valence-corrected chi connectivity index (χ0v) is 13.6. The number of halogens is 1. The van der Waals surface area contributed by atoms with E-state index in [1.165, 1.54) is 0 Å². The molecule has 0 aliphatic carbocycles. The Morgan fingerprint density at radius 3 is 2.88 bits per heavy atom. The van der Waals surface area contributed by atoms with E-state index in [1.54, 1.807) is 25.3 Å². The predicted molar refractivity (Wildman–Crippen MR) is 91.9 cm³/mol. The van der Waals surface area contributed by atoms with Crippen LogP contribution in [0.4, 0.5) is 5.69 Å². The van der Waals surface area contributed by atoms with Gasteiger partial charge in [0.15, 0.2) is 11.5 Å². The fourth-order valence-electron chi connectivity index (χ4n) is 2.85. The zero-order valence-electron chi connectivity index (χ0n) is 12.9. The quantitative estimate of drug-likeness (QED) is 0.846. The van der Waals surface area contributed by atoms with Gasteiger partial charge in [-0.05, 0) is 35.9 Å². The van der Waals surface area contributed by atoms with Crippen molar-refractivity contribution in [3.8, 4) is 17.2 Å².